The lowest BCUT2D eigenvalue weighted by Crippen LogP contribution is -2.18. The van der Waals surface area contributed by atoms with Crippen LogP contribution < -0.4 is 10.1 Å². The molecule has 2 N–H and O–H groups in total. The van der Waals surface area contributed by atoms with E-state index in [0.717, 1.165) is 0 Å². The Kier molecular flexibility index (Phi) is 4.55. The lowest BCUT2D eigenvalue weighted by Gasteiger charge is -2.14. The quantitative estimate of drug-likeness (QED) is 0.879. The number of hydrogen-bond acceptors (Lipinski definition) is 3. The summed E-state index contributed by atoms with van der Waals surface area (Å²) < 4.78 is 40.9. The van der Waals surface area contributed by atoms with Crippen LogP contribution in [0.3, 0.4) is 0 Å². The Balaban J connectivity index is 2.06. The Morgan fingerprint density at radius 3 is 2.32 bits per heavy atom. The molecule has 22 heavy (non-hydrogen) atoms. The van der Waals surface area contributed by atoms with Crippen molar-refractivity contribution in [1.29, 1.82) is 0 Å². The van der Waals surface area contributed by atoms with Gasteiger partial charge in [-0.25, -0.2) is 4.79 Å². The summed E-state index contributed by atoms with van der Waals surface area (Å²) in [5, 5.41) is 11.7. The minimum Gasteiger partial charge on any atom is -0.478 e. The number of benzene rings is 2. The van der Waals surface area contributed by atoms with Crippen molar-refractivity contribution < 1.29 is 27.8 Å². The summed E-state index contributed by atoms with van der Waals surface area (Å²) in [6, 6.07) is 11.7. The lowest BCUT2D eigenvalue weighted by molar-refractivity contribution is -0.274. The Morgan fingerprint density at radius 2 is 1.73 bits per heavy atom. The van der Waals surface area contributed by atoms with Gasteiger partial charge in [0.15, 0.2) is 0 Å². The zero-order valence-electron chi connectivity index (χ0n) is 11.2. The minimum absolute atomic E-state index is 0.110. The van der Waals surface area contributed by atoms with Gasteiger partial charge in [-0.05, 0) is 30.3 Å². The zero-order chi connectivity index (χ0) is 16.2. The fourth-order valence-electron chi connectivity index (χ4n) is 1.80. The number of para-hydroxylation sites is 1. The molecule has 0 atom stereocenters. The highest BCUT2D eigenvalue weighted by Crippen LogP contribution is 2.26. The van der Waals surface area contributed by atoms with E-state index < -0.39 is 12.3 Å². The molecule has 0 aliphatic carbocycles. The number of aromatic carboxylic acids is 1. The van der Waals surface area contributed by atoms with Crippen molar-refractivity contribution in [1.82, 2.24) is 0 Å². The van der Waals surface area contributed by atoms with E-state index in [9.17, 15) is 18.0 Å². The van der Waals surface area contributed by atoms with E-state index in [1.807, 2.05) is 0 Å². The van der Waals surface area contributed by atoms with E-state index in [0.29, 0.717) is 11.3 Å². The number of carboxylic acids is 1. The second-order valence-electron chi connectivity index (χ2n) is 4.39. The van der Waals surface area contributed by atoms with Gasteiger partial charge in [0.25, 0.3) is 0 Å². The van der Waals surface area contributed by atoms with Gasteiger partial charge in [0.05, 0.1) is 5.56 Å². The highest BCUT2D eigenvalue weighted by molar-refractivity contribution is 5.87. The number of anilines is 1. The smallest absolute Gasteiger partial charge is 0.478 e. The van der Waals surface area contributed by atoms with Crippen molar-refractivity contribution in [3.63, 3.8) is 0 Å². The van der Waals surface area contributed by atoms with E-state index in [1.165, 1.54) is 42.5 Å². The molecule has 4 nitrogen and oxygen atoms in total. The summed E-state index contributed by atoms with van der Waals surface area (Å²) in [6.45, 7) is 0.110. The molecule has 0 fully saturated rings. The van der Waals surface area contributed by atoms with Gasteiger partial charge in [-0.15, -0.1) is 13.2 Å². The molecule has 0 bridgehead atoms. The summed E-state index contributed by atoms with van der Waals surface area (Å²) in [4.78, 5) is 10.7. The van der Waals surface area contributed by atoms with Crippen LogP contribution in [0, 0.1) is 0 Å². The second kappa shape index (κ2) is 6.38. The molecular weight excluding hydrogens is 299 g/mol. The molecule has 7 heteroatoms. The molecule has 0 aliphatic rings. The van der Waals surface area contributed by atoms with Crippen molar-refractivity contribution in [2.45, 2.75) is 12.9 Å². The highest BCUT2D eigenvalue weighted by atomic mass is 19.4. The van der Waals surface area contributed by atoms with Crippen LogP contribution in [0.4, 0.5) is 18.9 Å². The third-order valence-corrected chi connectivity index (χ3v) is 2.81. The van der Waals surface area contributed by atoms with Crippen molar-refractivity contribution in [3.05, 3.63) is 59.7 Å². The molecule has 2 aromatic carbocycles. The summed E-state index contributed by atoms with van der Waals surface area (Å²) in [5.74, 6) is -1.32. The monoisotopic (exact) mass is 311 g/mol. The summed E-state index contributed by atoms with van der Waals surface area (Å²) in [6.07, 6.45) is -4.75. The summed E-state index contributed by atoms with van der Waals surface area (Å²) >= 11 is 0. The van der Waals surface area contributed by atoms with E-state index in [2.05, 4.69) is 10.1 Å². The highest BCUT2D eigenvalue weighted by Gasteiger charge is 2.31. The van der Waals surface area contributed by atoms with Gasteiger partial charge in [0.2, 0.25) is 0 Å². The number of nitrogens with one attached hydrogen (secondary N) is 1. The average molecular weight is 311 g/mol. The normalized spacial score (nSPS) is 11.0. The van der Waals surface area contributed by atoms with Crippen LogP contribution >= 0.6 is 0 Å². The molecule has 0 radical (unpaired) electrons. The molecule has 0 saturated carbocycles. The maximum absolute atomic E-state index is 12.3. The predicted molar refractivity (Wildman–Crippen MR) is 73.9 cm³/mol. The maximum Gasteiger partial charge on any atom is 0.573 e. The Morgan fingerprint density at radius 1 is 1.09 bits per heavy atom. The van der Waals surface area contributed by atoms with E-state index in [-0.39, 0.29) is 17.9 Å². The summed E-state index contributed by atoms with van der Waals surface area (Å²) in [7, 11) is 0. The first kappa shape index (κ1) is 15.7. The molecule has 0 spiro atoms. The molecule has 2 rings (SSSR count). The third-order valence-electron chi connectivity index (χ3n) is 2.81. The molecule has 116 valence electrons. The Bertz CT molecular complexity index is 654. The molecule has 0 aromatic heterocycles. The fourth-order valence-corrected chi connectivity index (χ4v) is 1.80. The van der Waals surface area contributed by atoms with E-state index in [4.69, 9.17) is 5.11 Å². The zero-order valence-corrected chi connectivity index (χ0v) is 11.2. The first-order valence-electron chi connectivity index (χ1n) is 6.26. The number of carboxylic acid groups (broad SMARTS) is 1. The number of rotatable bonds is 5. The number of carbonyl (C=O) groups is 1. The van der Waals surface area contributed by atoms with Crippen LogP contribution in [0.15, 0.2) is 48.5 Å². The minimum atomic E-state index is -4.75. The number of halogens is 3. The van der Waals surface area contributed by atoms with Crippen LogP contribution in [0.25, 0.3) is 0 Å². The topological polar surface area (TPSA) is 58.6 Å². The lowest BCUT2D eigenvalue weighted by atomic mass is 10.2. The van der Waals surface area contributed by atoms with Crippen molar-refractivity contribution >= 4 is 11.7 Å². The SMILES string of the molecule is O=C(O)c1ccc(NCc2ccccc2OC(F)(F)F)cc1. The fraction of sp³-hybridized carbons (Fsp3) is 0.133. The van der Waals surface area contributed by atoms with E-state index in [1.54, 1.807) is 6.07 Å². The average Bonchev–Trinajstić information content (AvgIpc) is 2.45. The molecule has 0 saturated heterocycles. The molecule has 2 aromatic rings. The summed E-state index contributed by atoms with van der Waals surface area (Å²) in [5.41, 5.74) is 1.06. The van der Waals surface area contributed by atoms with Gasteiger partial charge in [-0.2, -0.15) is 0 Å². The molecule has 0 amide bonds. The Hall–Kier alpha value is -2.70. The van der Waals surface area contributed by atoms with Gasteiger partial charge in [-0.1, -0.05) is 18.2 Å². The standard InChI is InChI=1S/C15H12F3NO3/c16-15(17,18)22-13-4-2-1-3-11(13)9-19-12-7-5-10(6-8-12)14(20)21/h1-8,19H,9H2,(H,20,21). The van der Waals surface area contributed by atoms with Crippen LogP contribution in [-0.4, -0.2) is 17.4 Å². The maximum atomic E-state index is 12.3. The first-order chi connectivity index (χ1) is 10.3. The molecule has 0 unspecified atom stereocenters. The Labute approximate surface area is 124 Å². The number of hydrogen-bond donors (Lipinski definition) is 2. The number of ether oxygens (including phenoxy) is 1. The van der Waals surface area contributed by atoms with Gasteiger partial charge in [0.1, 0.15) is 5.75 Å². The largest absolute Gasteiger partial charge is 0.573 e. The van der Waals surface area contributed by atoms with Gasteiger partial charge in [0, 0.05) is 17.8 Å². The van der Waals surface area contributed by atoms with Gasteiger partial charge in [-0.3, -0.25) is 0 Å². The van der Waals surface area contributed by atoms with Crippen molar-refractivity contribution in [3.8, 4) is 5.75 Å². The van der Waals surface area contributed by atoms with Crippen molar-refractivity contribution in [2.24, 2.45) is 0 Å². The molecular formula is C15H12F3NO3. The van der Waals surface area contributed by atoms with Crippen LogP contribution in [0.2, 0.25) is 0 Å². The van der Waals surface area contributed by atoms with Crippen LogP contribution in [0.5, 0.6) is 5.75 Å². The third kappa shape index (κ3) is 4.41. The van der Waals surface area contributed by atoms with Crippen LogP contribution in [0.1, 0.15) is 15.9 Å². The second-order valence-corrected chi connectivity index (χ2v) is 4.39. The van der Waals surface area contributed by atoms with Gasteiger partial charge >= 0.3 is 12.3 Å². The van der Waals surface area contributed by atoms with E-state index >= 15 is 0 Å². The molecule has 0 heterocycles. The predicted octanol–water partition coefficient (Wildman–Crippen LogP) is 3.90. The van der Waals surface area contributed by atoms with Gasteiger partial charge < -0.3 is 15.2 Å². The van der Waals surface area contributed by atoms with Crippen molar-refractivity contribution in [2.75, 3.05) is 5.32 Å². The molecule has 0 aliphatic heterocycles. The van der Waals surface area contributed by atoms with Crippen LogP contribution in [-0.2, 0) is 6.54 Å². The number of alkyl halides is 3. The first-order valence-corrected chi connectivity index (χ1v) is 6.26.